The van der Waals surface area contributed by atoms with E-state index in [0.29, 0.717) is 11.5 Å². The van der Waals surface area contributed by atoms with Crippen LogP contribution in [0.2, 0.25) is 0 Å². The van der Waals surface area contributed by atoms with Gasteiger partial charge in [0.2, 0.25) is 0 Å². The number of halogens is 1. The van der Waals surface area contributed by atoms with Crippen LogP contribution < -0.4 is 5.32 Å². The standard InChI is InChI=1S/C15H22FN/c1-11-8-13(16)5-4-12(11)10-17-14-6-7-15(2,3)9-14/h4-5,8,14,17H,6-7,9-10H2,1-3H3. The summed E-state index contributed by atoms with van der Waals surface area (Å²) in [5, 5.41) is 3.59. The quantitative estimate of drug-likeness (QED) is 0.840. The highest BCUT2D eigenvalue weighted by molar-refractivity contribution is 5.26. The molecule has 0 aliphatic heterocycles. The van der Waals surface area contributed by atoms with Crippen LogP contribution in [0.5, 0.6) is 0 Å². The van der Waals surface area contributed by atoms with E-state index in [0.717, 1.165) is 12.1 Å². The Labute approximate surface area is 103 Å². The van der Waals surface area contributed by atoms with Crippen LogP contribution in [0.4, 0.5) is 4.39 Å². The molecule has 1 saturated carbocycles. The van der Waals surface area contributed by atoms with E-state index in [-0.39, 0.29) is 5.82 Å². The van der Waals surface area contributed by atoms with Crippen molar-refractivity contribution < 1.29 is 4.39 Å². The van der Waals surface area contributed by atoms with E-state index in [4.69, 9.17) is 0 Å². The van der Waals surface area contributed by atoms with E-state index in [1.165, 1.54) is 24.8 Å². The molecule has 1 nitrogen and oxygen atoms in total. The van der Waals surface area contributed by atoms with Gasteiger partial charge in [0.15, 0.2) is 0 Å². The van der Waals surface area contributed by atoms with Gasteiger partial charge in [0.1, 0.15) is 5.82 Å². The second kappa shape index (κ2) is 4.77. The zero-order valence-electron chi connectivity index (χ0n) is 11.0. The Balaban J connectivity index is 1.90. The molecule has 1 atom stereocenters. The van der Waals surface area contributed by atoms with E-state index in [1.54, 1.807) is 12.1 Å². The maximum atomic E-state index is 13.0. The molecule has 1 aromatic rings. The van der Waals surface area contributed by atoms with Crippen LogP contribution in [0.15, 0.2) is 18.2 Å². The van der Waals surface area contributed by atoms with E-state index in [2.05, 4.69) is 19.2 Å². The first kappa shape index (κ1) is 12.6. The second-order valence-electron chi connectivity index (χ2n) is 6.06. The van der Waals surface area contributed by atoms with Crippen LogP contribution in [-0.4, -0.2) is 6.04 Å². The summed E-state index contributed by atoms with van der Waals surface area (Å²) in [7, 11) is 0. The fourth-order valence-corrected chi connectivity index (χ4v) is 2.72. The minimum atomic E-state index is -0.145. The molecule has 2 heteroatoms. The van der Waals surface area contributed by atoms with Crippen molar-refractivity contribution in [3.63, 3.8) is 0 Å². The van der Waals surface area contributed by atoms with Crippen LogP contribution in [0.25, 0.3) is 0 Å². The molecular weight excluding hydrogens is 213 g/mol. The summed E-state index contributed by atoms with van der Waals surface area (Å²) >= 11 is 0. The van der Waals surface area contributed by atoms with Gasteiger partial charge in [-0.05, 0) is 54.9 Å². The fourth-order valence-electron chi connectivity index (χ4n) is 2.72. The van der Waals surface area contributed by atoms with Crippen LogP contribution in [0, 0.1) is 18.2 Å². The number of benzene rings is 1. The van der Waals surface area contributed by atoms with Crippen molar-refractivity contribution in [2.24, 2.45) is 5.41 Å². The Morgan fingerprint density at radius 2 is 2.18 bits per heavy atom. The average Bonchev–Trinajstić information content (AvgIpc) is 2.57. The third kappa shape index (κ3) is 3.29. The zero-order chi connectivity index (χ0) is 12.5. The number of rotatable bonds is 3. The van der Waals surface area contributed by atoms with Gasteiger partial charge in [0, 0.05) is 12.6 Å². The maximum Gasteiger partial charge on any atom is 0.123 e. The third-order valence-electron chi connectivity index (χ3n) is 3.85. The molecule has 94 valence electrons. The molecule has 0 saturated heterocycles. The normalized spacial score (nSPS) is 22.9. The topological polar surface area (TPSA) is 12.0 Å². The molecule has 1 aromatic carbocycles. The van der Waals surface area contributed by atoms with Crippen LogP contribution in [-0.2, 0) is 6.54 Å². The monoisotopic (exact) mass is 235 g/mol. The molecule has 0 amide bonds. The number of nitrogens with one attached hydrogen (secondary N) is 1. The van der Waals surface area contributed by atoms with Crippen molar-refractivity contribution in [3.05, 3.63) is 35.1 Å². The largest absolute Gasteiger partial charge is 0.310 e. The van der Waals surface area contributed by atoms with E-state index < -0.39 is 0 Å². The Morgan fingerprint density at radius 1 is 1.41 bits per heavy atom. The molecule has 1 aliphatic rings. The van der Waals surface area contributed by atoms with Crippen molar-refractivity contribution in [1.82, 2.24) is 5.32 Å². The molecular formula is C15H22FN. The Bertz CT molecular complexity index is 398. The Morgan fingerprint density at radius 3 is 2.76 bits per heavy atom. The summed E-state index contributed by atoms with van der Waals surface area (Å²) in [6.07, 6.45) is 3.80. The summed E-state index contributed by atoms with van der Waals surface area (Å²) in [6.45, 7) is 7.49. The van der Waals surface area contributed by atoms with Crippen molar-refractivity contribution >= 4 is 0 Å². The molecule has 1 N–H and O–H groups in total. The molecule has 0 spiro atoms. The first-order valence-electron chi connectivity index (χ1n) is 6.45. The first-order valence-corrected chi connectivity index (χ1v) is 6.45. The lowest BCUT2D eigenvalue weighted by Gasteiger charge is -2.18. The van der Waals surface area contributed by atoms with Gasteiger partial charge in [-0.1, -0.05) is 19.9 Å². The number of aryl methyl sites for hydroxylation is 1. The van der Waals surface area contributed by atoms with Gasteiger partial charge in [-0.3, -0.25) is 0 Å². The van der Waals surface area contributed by atoms with Gasteiger partial charge in [0.05, 0.1) is 0 Å². The predicted octanol–water partition coefficient (Wildman–Crippen LogP) is 3.80. The Hall–Kier alpha value is -0.890. The van der Waals surface area contributed by atoms with Crippen molar-refractivity contribution in [3.8, 4) is 0 Å². The fraction of sp³-hybridized carbons (Fsp3) is 0.600. The molecule has 0 radical (unpaired) electrons. The van der Waals surface area contributed by atoms with Crippen LogP contribution in [0.1, 0.15) is 44.2 Å². The third-order valence-corrected chi connectivity index (χ3v) is 3.85. The molecule has 1 aliphatic carbocycles. The lowest BCUT2D eigenvalue weighted by Crippen LogP contribution is -2.27. The van der Waals surface area contributed by atoms with Gasteiger partial charge in [0.25, 0.3) is 0 Å². The highest BCUT2D eigenvalue weighted by Gasteiger charge is 2.30. The minimum absolute atomic E-state index is 0.145. The van der Waals surface area contributed by atoms with Gasteiger partial charge >= 0.3 is 0 Å². The summed E-state index contributed by atoms with van der Waals surface area (Å²) in [6, 6.07) is 5.66. The van der Waals surface area contributed by atoms with E-state index >= 15 is 0 Å². The first-order chi connectivity index (χ1) is 7.96. The molecule has 0 heterocycles. The highest BCUT2D eigenvalue weighted by Crippen LogP contribution is 2.36. The van der Waals surface area contributed by atoms with Gasteiger partial charge in [-0.15, -0.1) is 0 Å². The molecule has 2 rings (SSSR count). The van der Waals surface area contributed by atoms with Crippen LogP contribution in [0.3, 0.4) is 0 Å². The van der Waals surface area contributed by atoms with Crippen molar-refractivity contribution in [2.45, 2.75) is 52.6 Å². The molecule has 17 heavy (non-hydrogen) atoms. The lowest BCUT2D eigenvalue weighted by molar-refractivity contribution is 0.364. The predicted molar refractivity (Wildman–Crippen MR) is 69.4 cm³/mol. The van der Waals surface area contributed by atoms with Crippen molar-refractivity contribution in [2.75, 3.05) is 0 Å². The van der Waals surface area contributed by atoms with Gasteiger partial charge in [-0.2, -0.15) is 0 Å². The smallest absolute Gasteiger partial charge is 0.123 e. The molecule has 0 aromatic heterocycles. The number of hydrogen-bond acceptors (Lipinski definition) is 1. The highest BCUT2D eigenvalue weighted by atomic mass is 19.1. The second-order valence-corrected chi connectivity index (χ2v) is 6.06. The SMILES string of the molecule is Cc1cc(F)ccc1CNC1CCC(C)(C)C1. The Kier molecular flexibility index (Phi) is 3.53. The number of hydrogen-bond donors (Lipinski definition) is 1. The van der Waals surface area contributed by atoms with Gasteiger partial charge < -0.3 is 5.32 Å². The van der Waals surface area contributed by atoms with Crippen molar-refractivity contribution in [1.29, 1.82) is 0 Å². The maximum absolute atomic E-state index is 13.0. The summed E-state index contributed by atoms with van der Waals surface area (Å²) in [5.74, 6) is -0.145. The average molecular weight is 235 g/mol. The minimum Gasteiger partial charge on any atom is -0.310 e. The zero-order valence-corrected chi connectivity index (χ0v) is 11.0. The van der Waals surface area contributed by atoms with Gasteiger partial charge in [-0.25, -0.2) is 4.39 Å². The molecule has 1 unspecified atom stereocenters. The summed E-state index contributed by atoms with van der Waals surface area (Å²) < 4.78 is 13.0. The summed E-state index contributed by atoms with van der Waals surface area (Å²) in [4.78, 5) is 0. The van der Waals surface area contributed by atoms with E-state index in [1.807, 2.05) is 13.0 Å². The molecule has 1 fully saturated rings. The molecule has 0 bridgehead atoms. The van der Waals surface area contributed by atoms with Crippen LogP contribution >= 0.6 is 0 Å². The lowest BCUT2D eigenvalue weighted by atomic mass is 9.92. The summed E-state index contributed by atoms with van der Waals surface area (Å²) in [5.41, 5.74) is 2.72. The van der Waals surface area contributed by atoms with E-state index in [9.17, 15) is 4.39 Å².